The molecule has 4 heteroatoms. The highest BCUT2D eigenvalue weighted by Gasteiger charge is 2.39. The zero-order valence-corrected chi connectivity index (χ0v) is 15.2. The van der Waals surface area contributed by atoms with Gasteiger partial charge in [0.15, 0.2) is 0 Å². The lowest BCUT2D eigenvalue weighted by atomic mass is 9.69. The van der Waals surface area contributed by atoms with E-state index in [2.05, 4.69) is 10.3 Å². The first kappa shape index (κ1) is 17.7. The van der Waals surface area contributed by atoms with Gasteiger partial charge in [-0.25, -0.2) is 4.39 Å². The number of aromatic nitrogens is 1. The number of anilines is 1. The van der Waals surface area contributed by atoms with E-state index in [9.17, 15) is 9.18 Å². The molecule has 3 aromatic rings. The number of para-hydroxylation sites is 1. The number of fused-ring (bicyclic) bond motifs is 1. The fourth-order valence-corrected chi connectivity index (χ4v) is 4.11. The molecule has 1 aromatic heterocycles. The molecule has 1 amide bonds. The van der Waals surface area contributed by atoms with Crippen molar-refractivity contribution in [1.29, 1.82) is 0 Å². The SMILES string of the molecule is O=C(Nc1cnc2ccccc2c1)C1(Cc2ccc(F)cc2)CCCCC1. The van der Waals surface area contributed by atoms with Crippen molar-refractivity contribution < 1.29 is 9.18 Å². The Hall–Kier alpha value is -2.75. The van der Waals surface area contributed by atoms with Gasteiger partial charge in [0.05, 0.1) is 22.8 Å². The maximum absolute atomic E-state index is 13.3. The van der Waals surface area contributed by atoms with E-state index < -0.39 is 5.41 Å². The first-order valence-electron chi connectivity index (χ1n) is 9.55. The van der Waals surface area contributed by atoms with E-state index in [1.807, 2.05) is 30.3 Å². The Morgan fingerprint density at radius 1 is 1.04 bits per heavy atom. The van der Waals surface area contributed by atoms with Crippen LogP contribution < -0.4 is 5.32 Å². The van der Waals surface area contributed by atoms with Gasteiger partial charge in [-0.15, -0.1) is 0 Å². The van der Waals surface area contributed by atoms with Gasteiger partial charge < -0.3 is 5.32 Å². The van der Waals surface area contributed by atoms with Crippen molar-refractivity contribution in [3.05, 3.63) is 72.2 Å². The summed E-state index contributed by atoms with van der Waals surface area (Å²) in [6, 6.07) is 16.3. The van der Waals surface area contributed by atoms with Crippen LogP contribution in [0.15, 0.2) is 60.8 Å². The van der Waals surface area contributed by atoms with E-state index in [0.717, 1.165) is 54.3 Å². The Kier molecular flexibility index (Phi) is 4.88. The van der Waals surface area contributed by atoms with E-state index in [1.165, 1.54) is 12.1 Å². The molecule has 27 heavy (non-hydrogen) atoms. The van der Waals surface area contributed by atoms with Crippen molar-refractivity contribution in [2.75, 3.05) is 5.32 Å². The summed E-state index contributed by atoms with van der Waals surface area (Å²) in [4.78, 5) is 17.7. The van der Waals surface area contributed by atoms with Crippen molar-refractivity contribution >= 4 is 22.5 Å². The number of hydrogen-bond acceptors (Lipinski definition) is 2. The second kappa shape index (κ2) is 7.47. The molecule has 1 aliphatic rings. The van der Waals surface area contributed by atoms with Crippen LogP contribution >= 0.6 is 0 Å². The molecule has 1 heterocycles. The van der Waals surface area contributed by atoms with Crippen LogP contribution in [0, 0.1) is 11.2 Å². The third-order valence-electron chi connectivity index (χ3n) is 5.60. The van der Waals surface area contributed by atoms with Gasteiger partial charge in [0.1, 0.15) is 5.82 Å². The minimum absolute atomic E-state index is 0.0450. The first-order chi connectivity index (χ1) is 13.1. The summed E-state index contributed by atoms with van der Waals surface area (Å²) in [5, 5.41) is 4.11. The topological polar surface area (TPSA) is 42.0 Å². The molecule has 138 valence electrons. The van der Waals surface area contributed by atoms with Gasteiger partial charge in [0, 0.05) is 5.39 Å². The van der Waals surface area contributed by atoms with Gasteiger partial charge >= 0.3 is 0 Å². The maximum atomic E-state index is 13.3. The van der Waals surface area contributed by atoms with Crippen LogP contribution in [-0.4, -0.2) is 10.9 Å². The molecule has 0 atom stereocenters. The van der Waals surface area contributed by atoms with Crippen molar-refractivity contribution in [1.82, 2.24) is 4.98 Å². The summed E-state index contributed by atoms with van der Waals surface area (Å²) in [6.07, 6.45) is 7.33. The minimum atomic E-state index is -0.443. The molecule has 0 bridgehead atoms. The molecule has 1 saturated carbocycles. The van der Waals surface area contributed by atoms with Crippen molar-refractivity contribution in [3.8, 4) is 0 Å². The highest BCUT2D eigenvalue weighted by atomic mass is 19.1. The maximum Gasteiger partial charge on any atom is 0.230 e. The molecule has 1 N–H and O–H groups in total. The number of nitrogens with zero attached hydrogens (tertiary/aromatic N) is 1. The Balaban J connectivity index is 1.58. The van der Waals surface area contributed by atoms with Gasteiger partial charge in [-0.1, -0.05) is 49.6 Å². The average molecular weight is 362 g/mol. The highest BCUT2D eigenvalue weighted by molar-refractivity contribution is 5.97. The van der Waals surface area contributed by atoms with Crippen molar-refractivity contribution in [2.45, 2.75) is 38.5 Å². The van der Waals surface area contributed by atoms with Crippen LogP contribution in [0.3, 0.4) is 0 Å². The number of benzene rings is 2. The molecule has 0 saturated heterocycles. The predicted octanol–water partition coefficient (Wildman–Crippen LogP) is 5.51. The van der Waals surface area contributed by atoms with Gasteiger partial charge in [-0.2, -0.15) is 0 Å². The predicted molar refractivity (Wildman–Crippen MR) is 106 cm³/mol. The lowest BCUT2D eigenvalue weighted by Gasteiger charge is -2.36. The first-order valence-corrected chi connectivity index (χ1v) is 9.55. The normalized spacial score (nSPS) is 16.2. The second-order valence-electron chi connectivity index (χ2n) is 7.52. The zero-order valence-electron chi connectivity index (χ0n) is 15.2. The monoisotopic (exact) mass is 362 g/mol. The lowest BCUT2D eigenvalue weighted by molar-refractivity contribution is -0.127. The summed E-state index contributed by atoms with van der Waals surface area (Å²) in [7, 11) is 0. The van der Waals surface area contributed by atoms with Gasteiger partial charge in [-0.05, 0) is 49.1 Å². The summed E-state index contributed by atoms with van der Waals surface area (Å²) in [6.45, 7) is 0. The summed E-state index contributed by atoms with van der Waals surface area (Å²) >= 11 is 0. The quantitative estimate of drug-likeness (QED) is 0.665. The number of carbonyl (C=O) groups is 1. The van der Waals surface area contributed by atoms with E-state index in [0.29, 0.717) is 6.42 Å². The highest BCUT2D eigenvalue weighted by Crippen LogP contribution is 2.40. The number of halogens is 1. The Labute approximate surface area is 158 Å². The summed E-state index contributed by atoms with van der Waals surface area (Å²) in [5.41, 5.74) is 2.20. The molecule has 0 unspecified atom stereocenters. The van der Waals surface area contributed by atoms with Crippen LogP contribution in [0.25, 0.3) is 10.9 Å². The number of carbonyl (C=O) groups excluding carboxylic acids is 1. The van der Waals surface area contributed by atoms with E-state index >= 15 is 0 Å². The number of pyridine rings is 1. The lowest BCUT2D eigenvalue weighted by Crippen LogP contribution is -2.40. The minimum Gasteiger partial charge on any atom is -0.324 e. The largest absolute Gasteiger partial charge is 0.324 e. The standard InChI is InChI=1S/C23H23FN2O/c24-19-10-8-17(9-11-19)15-23(12-4-1-5-13-23)22(27)26-20-14-18-6-2-3-7-21(18)25-16-20/h2-3,6-11,14,16H,1,4-5,12-13,15H2,(H,26,27). The van der Waals surface area contributed by atoms with Gasteiger partial charge in [0.2, 0.25) is 5.91 Å². The number of hydrogen-bond donors (Lipinski definition) is 1. The van der Waals surface area contributed by atoms with Crippen molar-refractivity contribution in [2.24, 2.45) is 5.41 Å². The molecule has 1 fully saturated rings. The Morgan fingerprint density at radius 3 is 2.56 bits per heavy atom. The number of rotatable bonds is 4. The average Bonchev–Trinajstić information content (AvgIpc) is 2.70. The van der Waals surface area contributed by atoms with Gasteiger partial charge in [0.25, 0.3) is 0 Å². The van der Waals surface area contributed by atoms with Crippen LogP contribution in [0.2, 0.25) is 0 Å². The van der Waals surface area contributed by atoms with Crippen LogP contribution in [0.5, 0.6) is 0 Å². The van der Waals surface area contributed by atoms with Crippen LogP contribution in [-0.2, 0) is 11.2 Å². The molecule has 2 aromatic carbocycles. The fraction of sp³-hybridized carbons (Fsp3) is 0.304. The molecule has 3 nitrogen and oxygen atoms in total. The zero-order chi connectivity index (χ0) is 18.7. The molecule has 4 rings (SSSR count). The molecule has 0 radical (unpaired) electrons. The van der Waals surface area contributed by atoms with Gasteiger partial charge in [-0.3, -0.25) is 9.78 Å². The van der Waals surface area contributed by atoms with Crippen LogP contribution in [0.4, 0.5) is 10.1 Å². The Bertz CT molecular complexity index is 946. The van der Waals surface area contributed by atoms with E-state index in [-0.39, 0.29) is 11.7 Å². The third-order valence-corrected chi connectivity index (χ3v) is 5.60. The molecule has 0 aliphatic heterocycles. The van der Waals surface area contributed by atoms with E-state index in [4.69, 9.17) is 0 Å². The number of amides is 1. The number of nitrogens with one attached hydrogen (secondary N) is 1. The van der Waals surface area contributed by atoms with Crippen molar-refractivity contribution in [3.63, 3.8) is 0 Å². The summed E-state index contributed by atoms with van der Waals surface area (Å²) < 4.78 is 13.2. The smallest absolute Gasteiger partial charge is 0.230 e. The molecular formula is C23H23FN2O. The molecular weight excluding hydrogens is 339 g/mol. The second-order valence-corrected chi connectivity index (χ2v) is 7.52. The summed E-state index contributed by atoms with van der Waals surface area (Å²) in [5.74, 6) is -0.202. The third kappa shape index (κ3) is 3.85. The molecule has 1 aliphatic carbocycles. The van der Waals surface area contributed by atoms with E-state index in [1.54, 1.807) is 18.3 Å². The van der Waals surface area contributed by atoms with Crippen LogP contribution in [0.1, 0.15) is 37.7 Å². The molecule has 0 spiro atoms. The fourth-order valence-electron chi connectivity index (χ4n) is 4.11. The Morgan fingerprint density at radius 2 is 1.78 bits per heavy atom.